The van der Waals surface area contributed by atoms with Gasteiger partial charge in [-0.25, -0.2) is 0 Å². The quantitative estimate of drug-likeness (QED) is 0.820. The highest BCUT2D eigenvalue weighted by molar-refractivity contribution is 5.82. The van der Waals surface area contributed by atoms with Crippen LogP contribution in [0.3, 0.4) is 0 Å². The highest BCUT2D eigenvalue weighted by Gasteiger charge is 2.30. The molecule has 2 rings (SSSR count). The number of rotatable bonds is 6. The number of carboxylic acids is 1. The maximum atomic E-state index is 12.1. The number of carbonyl (C=O) groups excluding carboxylic acids is 1. The minimum absolute atomic E-state index is 0.0306. The van der Waals surface area contributed by atoms with Gasteiger partial charge in [0.25, 0.3) is 0 Å². The first-order chi connectivity index (χ1) is 9.66. The van der Waals surface area contributed by atoms with E-state index in [2.05, 4.69) is 22.3 Å². The highest BCUT2D eigenvalue weighted by Crippen LogP contribution is 2.20. The molecule has 1 aliphatic heterocycles. The third-order valence-corrected chi connectivity index (χ3v) is 3.53. The van der Waals surface area contributed by atoms with Gasteiger partial charge in [-0.3, -0.25) is 14.5 Å². The fourth-order valence-electron chi connectivity index (χ4n) is 2.54. The van der Waals surface area contributed by atoms with Crippen molar-refractivity contribution in [2.75, 3.05) is 13.1 Å². The summed E-state index contributed by atoms with van der Waals surface area (Å²) in [6, 6.07) is 9.93. The third-order valence-electron chi connectivity index (χ3n) is 3.53. The summed E-state index contributed by atoms with van der Waals surface area (Å²) >= 11 is 0. The Kier molecular flexibility index (Phi) is 5.12. The van der Waals surface area contributed by atoms with E-state index in [-0.39, 0.29) is 24.9 Å². The zero-order valence-electron chi connectivity index (χ0n) is 11.4. The Morgan fingerprint density at radius 3 is 2.75 bits per heavy atom. The smallest absolute Gasteiger partial charge is 0.305 e. The van der Waals surface area contributed by atoms with E-state index in [1.54, 1.807) is 0 Å². The van der Waals surface area contributed by atoms with Crippen LogP contribution in [0.15, 0.2) is 30.3 Å². The molecule has 1 aromatic rings. The summed E-state index contributed by atoms with van der Waals surface area (Å²) in [7, 11) is 0. The van der Waals surface area contributed by atoms with Gasteiger partial charge in [0.15, 0.2) is 0 Å². The van der Waals surface area contributed by atoms with Crippen molar-refractivity contribution in [2.45, 2.75) is 31.8 Å². The molecule has 0 radical (unpaired) electrons. The van der Waals surface area contributed by atoms with Crippen molar-refractivity contribution in [1.82, 2.24) is 10.2 Å². The predicted octanol–water partition coefficient (Wildman–Crippen LogP) is 1.24. The second kappa shape index (κ2) is 7.05. The summed E-state index contributed by atoms with van der Waals surface area (Å²) in [5.74, 6) is -0.947. The minimum Gasteiger partial charge on any atom is -0.481 e. The molecule has 2 N–H and O–H groups in total. The standard InChI is InChI=1S/C15H20N2O3/c18-14(19)8-9-16-15(20)13-7-4-10-17(13)11-12-5-2-1-3-6-12/h1-3,5-6,13H,4,7-11H2,(H,16,20)(H,18,19)/t13-/m1/s1. The van der Waals surface area contributed by atoms with Crippen molar-refractivity contribution < 1.29 is 14.7 Å². The number of carbonyl (C=O) groups is 2. The Labute approximate surface area is 118 Å². The molecule has 0 aromatic heterocycles. The number of benzene rings is 1. The van der Waals surface area contributed by atoms with E-state index in [1.807, 2.05) is 18.2 Å². The summed E-state index contributed by atoms with van der Waals surface area (Å²) in [6.45, 7) is 1.87. The normalized spacial score (nSPS) is 18.9. The average molecular weight is 276 g/mol. The van der Waals surface area contributed by atoms with E-state index in [0.717, 1.165) is 25.9 Å². The second-order valence-electron chi connectivity index (χ2n) is 5.05. The molecule has 5 nitrogen and oxygen atoms in total. The Balaban J connectivity index is 1.87. The summed E-state index contributed by atoms with van der Waals surface area (Å²) in [5.41, 5.74) is 1.19. The van der Waals surface area contributed by atoms with E-state index < -0.39 is 5.97 Å². The molecule has 0 saturated carbocycles. The van der Waals surface area contributed by atoms with Crippen LogP contribution in [0.1, 0.15) is 24.8 Å². The van der Waals surface area contributed by atoms with E-state index in [4.69, 9.17) is 5.11 Å². The molecule has 108 valence electrons. The first-order valence-electron chi connectivity index (χ1n) is 6.94. The van der Waals surface area contributed by atoms with Gasteiger partial charge in [-0.15, -0.1) is 0 Å². The zero-order chi connectivity index (χ0) is 14.4. The number of carboxylic acid groups (broad SMARTS) is 1. The molecule has 0 aliphatic carbocycles. The molecular formula is C15H20N2O3. The molecule has 1 atom stereocenters. The Morgan fingerprint density at radius 2 is 2.05 bits per heavy atom. The molecule has 1 heterocycles. The van der Waals surface area contributed by atoms with Gasteiger partial charge >= 0.3 is 5.97 Å². The maximum Gasteiger partial charge on any atom is 0.305 e. The monoisotopic (exact) mass is 276 g/mol. The van der Waals surface area contributed by atoms with Crippen LogP contribution in [-0.2, 0) is 16.1 Å². The lowest BCUT2D eigenvalue weighted by Gasteiger charge is -2.23. The van der Waals surface area contributed by atoms with Gasteiger partial charge < -0.3 is 10.4 Å². The maximum absolute atomic E-state index is 12.1. The number of hydrogen-bond donors (Lipinski definition) is 2. The van der Waals surface area contributed by atoms with Gasteiger partial charge in [-0.1, -0.05) is 30.3 Å². The van der Waals surface area contributed by atoms with Crippen LogP contribution in [0.25, 0.3) is 0 Å². The molecule has 1 saturated heterocycles. The molecule has 1 aromatic carbocycles. The third kappa shape index (κ3) is 4.06. The highest BCUT2D eigenvalue weighted by atomic mass is 16.4. The van der Waals surface area contributed by atoms with Crippen LogP contribution in [0.2, 0.25) is 0 Å². The lowest BCUT2D eigenvalue weighted by Crippen LogP contribution is -2.43. The van der Waals surface area contributed by atoms with Gasteiger partial charge in [0, 0.05) is 13.1 Å². The molecule has 1 fully saturated rings. The second-order valence-corrected chi connectivity index (χ2v) is 5.05. The van der Waals surface area contributed by atoms with Crippen LogP contribution in [0.5, 0.6) is 0 Å². The van der Waals surface area contributed by atoms with Crippen molar-refractivity contribution in [2.24, 2.45) is 0 Å². The lowest BCUT2D eigenvalue weighted by atomic mass is 10.1. The fourth-order valence-corrected chi connectivity index (χ4v) is 2.54. The first kappa shape index (κ1) is 14.5. The Morgan fingerprint density at radius 1 is 1.30 bits per heavy atom. The van der Waals surface area contributed by atoms with Crippen molar-refractivity contribution in [3.05, 3.63) is 35.9 Å². The van der Waals surface area contributed by atoms with Gasteiger partial charge in [0.05, 0.1) is 12.5 Å². The predicted molar refractivity (Wildman–Crippen MR) is 75.1 cm³/mol. The molecule has 0 bridgehead atoms. The first-order valence-corrected chi connectivity index (χ1v) is 6.94. The molecule has 1 amide bonds. The van der Waals surface area contributed by atoms with E-state index in [1.165, 1.54) is 5.56 Å². The zero-order valence-corrected chi connectivity index (χ0v) is 11.4. The van der Waals surface area contributed by atoms with Gasteiger partial charge in [0.2, 0.25) is 5.91 Å². The van der Waals surface area contributed by atoms with Crippen molar-refractivity contribution in [1.29, 1.82) is 0 Å². The SMILES string of the molecule is O=C(O)CCNC(=O)[C@H]1CCCN1Cc1ccccc1. The van der Waals surface area contributed by atoms with Crippen LogP contribution in [0.4, 0.5) is 0 Å². The molecule has 0 unspecified atom stereocenters. The minimum atomic E-state index is -0.891. The van der Waals surface area contributed by atoms with Gasteiger partial charge in [0.1, 0.15) is 0 Å². The number of amides is 1. The topological polar surface area (TPSA) is 69.6 Å². The number of hydrogen-bond acceptors (Lipinski definition) is 3. The number of nitrogens with zero attached hydrogens (tertiary/aromatic N) is 1. The van der Waals surface area contributed by atoms with Crippen LogP contribution < -0.4 is 5.32 Å². The molecule has 20 heavy (non-hydrogen) atoms. The molecule has 1 aliphatic rings. The molecule has 0 spiro atoms. The Bertz CT molecular complexity index is 461. The van der Waals surface area contributed by atoms with Crippen molar-refractivity contribution in [3.63, 3.8) is 0 Å². The average Bonchev–Trinajstić information content (AvgIpc) is 2.87. The van der Waals surface area contributed by atoms with Crippen molar-refractivity contribution in [3.8, 4) is 0 Å². The number of nitrogens with one attached hydrogen (secondary N) is 1. The largest absolute Gasteiger partial charge is 0.481 e. The summed E-state index contributed by atoms with van der Waals surface area (Å²) in [4.78, 5) is 24.7. The summed E-state index contributed by atoms with van der Waals surface area (Å²) < 4.78 is 0. The van der Waals surface area contributed by atoms with Crippen molar-refractivity contribution >= 4 is 11.9 Å². The van der Waals surface area contributed by atoms with Crippen LogP contribution in [-0.4, -0.2) is 41.0 Å². The summed E-state index contributed by atoms with van der Waals surface area (Å²) in [6.07, 6.45) is 1.81. The van der Waals surface area contributed by atoms with Crippen LogP contribution >= 0.6 is 0 Å². The van der Waals surface area contributed by atoms with E-state index >= 15 is 0 Å². The van der Waals surface area contributed by atoms with E-state index in [9.17, 15) is 9.59 Å². The number of likely N-dealkylation sites (tertiary alicyclic amines) is 1. The molecule has 5 heteroatoms. The van der Waals surface area contributed by atoms with E-state index in [0.29, 0.717) is 0 Å². The Hall–Kier alpha value is -1.88. The van der Waals surface area contributed by atoms with Gasteiger partial charge in [-0.05, 0) is 24.9 Å². The number of aliphatic carboxylic acids is 1. The van der Waals surface area contributed by atoms with Crippen LogP contribution in [0, 0.1) is 0 Å². The molecular weight excluding hydrogens is 256 g/mol. The van der Waals surface area contributed by atoms with Gasteiger partial charge in [-0.2, -0.15) is 0 Å². The fraction of sp³-hybridized carbons (Fsp3) is 0.467. The lowest BCUT2D eigenvalue weighted by molar-refractivity contribution is -0.137. The summed E-state index contributed by atoms with van der Waals surface area (Å²) in [5, 5.41) is 11.3.